The first kappa shape index (κ1) is 11.4. The van der Waals surface area contributed by atoms with Gasteiger partial charge in [0.15, 0.2) is 0 Å². The van der Waals surface area contributed by atoms with Gasteiger partial charge < -0.3 is 5.73 Å². The van der Waals surface area contributed by atoms with E-state index in [1.165, 1.54) is 45.2 Å². The topological polar surface area (TPSA) is 29.3 Å². The molecule has 2 heteroatoms. The molecule has 88 valence electrons. The third-order valence-electron chi connectivity index (χ3n) is 4.46. The van der Waals surface area contributed by atoms with Gasteiger partial charge in [-0.25, -0.2) is 0 Å². The Morgan fingerprint density at radius 1 is 1.00 bits per heavy atom. The van der Waals surface area contributed by atoms with E-state index in [4.69, 9.17) is 5.73 Å². The van der Waals surface area contributed by atoms with Gasteiger partial charge in [-0.2, -0.15) is 0 Å². The van der Waals surface area contributed by atoms with E-state index in [1.54, 1.807) is 0 Å². The van der Waals surface area contributed by atoms with E-state index >= 15 is 0 Å². The van der Waals surface area contributed by atoms with Crippen LogP contribution in [0.25, 0.3) is 0 Å². The fraction of sp³-hybridized carbons (Fsp3) is 1.00. The van der Waals surface area contributed by atoms with Gasteiger partial charge in [0.25, 0.3) is 0 Å². The van der Waals surface area contributed by atoms with Crippen LogP contribution in [0.1, 0.15) is 46.0 Å². The van der Waals surface area contributed by atoms with E-state index in [2.05, 4.69) is 18.7 Å². The Kier molecular flexibility index (Phi) is 3.68. The van der Waals surface area contributed by atoms with Crippen LogP contribution in [-0.2, 0) is 0 Å². The molecule has 2 nitrogen and oxygen atoms in total. The van der Waals surface area contributed by atoms with Crippen LogP contribution in [0.15, 0.2) is 0 Å². The van der Waals surface area contributed by atoms with E-state index in [9.17, 15) is 0 Å². The maximum atomic E-state index is 5.96. The van der Waals surface area contributed by atoms with Crippen LogP contribution in [0.5, 0.6) is 0 Å². The Balaban J connectivity index is 1.90. The summed E-state index contributed by atoms with van der Waals surface area (Å²) in [5, 5.41) is 0. The molecule has 1 aliphatic heterocycles. The smallest absolute Gasteiger partial charge is 0.0123 e. The standard InChI is InChI=1S/C13H26N2/c1-10-3-4-11(2)13(9-10)15-7-5-12(14)6-8-15/h10-13H,3-9,14H2,1-2H3. The number of nitrogens with zero attached hydrogens (tertiary/aromatic N) is 1. The maximum Gasteiger partial charge on any atom is 0.0123 e. The number of hydrogen-bond donors (Lipinski definition) is 1. The molecule has 0 bridgehead atoms. The van der Waals surface area contributed by atoms with Gasteiger partial charge in [0.1, 0.15) is 0 Å². The van der Waals surface area contributed by atoms with Gasteiger partial charge in [-0.05, 0) is 50.6 Å². The highest BCUT2D eigenvalue weighted by molar-refractivity contribution is 4.86. The van der Waals surface area contributed by atoms with Crippen molar-refractivity contribution in [2.24, 2.45) is 17.6 Å². The molecule has 1 aliphatic carbocycles. The molecule has 3 unspecified atom stereocenters. The second kappa shape index (κ2) is 4.84. The molecule has 0 aromatic rings. The zero-order chi connectivity index (χ0) is 10.8. The number of piperidine rings is 1. The van der Waals surface area contributed by atoms with E-state index in [0.717, 1.165) is 17.9 Å². The largest absolute Gasteiger partial charge is 0.328 e. The molecule has 1 saturated heterocycles. The molecule has 1 saturated carbocycles. The first-order valence-electron chi connectivity index (χ1n) is 6.66. The van der Waals surface area contributed by atoms with Crippen LogP contribution in [0.2, 0.25) is 0 Å². The summed E-state index contributed by atoms with van der Waals surface area (Å²) in [7, 11) is 0. The van der Waals surface area contributed by atoms with Gasteiger partial charge in [0, 0.05) is 12.1 Å². The lowest BCUT2D eigenvalue weighted by Gasteiger charge is -2.43. The number of likely N-dealkylation sites (tertiary alicyclic amines) is 1. The number of nitrogens with two attached hydrogens (primary N) is 1. The summed E-state index contributed by atoms with van der Waals surface area (Å²) in [5.41, 5.74) is 5.96. The Hall–Kier alpha value is -0.0800. The zero-order valence-corrected chi connectivity index (χ0v) is 10.3. The lowest BCUT2D eigenvalue weighted by Crippen LogP contribution is -2.49. The van der Waals surface area contributed by atoms with Crippen LogP contribution in [0.4, 0.5) is 0 Å². The minimum Gasteiger partial charge on any atom is -0.328 e. The summed E-state index contributed by atoms with van der Waals surface area (Å²) >= 11 is 0. The van der Waals surface area contributed by atoms with Crippen LogP contribution < -0.4 is 5.73 Å². The Labute approximate surface area is 94.2 Å². The fourth-order valence-electron chi connectivity index (χ4n) is 3.26. The lowest BCUT2D eigenvalue weighted by molar-refractivity contribution is 0.0693. The maximum absolute atomic E-state index is 5.96. The van der Waals surface area contributed by atoms with Crippen molar-refractivity contribution in [3.8, 4) is 0 Å². The monoisotopic (exact) mass is 210 g/mol. The highest BCUT2D eigenvalue weighted by Crippen LogP contribution is 2.32. The molecule has 2 rings (SSSR count). The first-order chi connectivity index (χ1) is 7.16. The fourth-order valence-corrected chi connectivity index (χ4v) is 3.26. The minimum atomic E-state index is 0.470. The summed E-state index contributed by atoms with van der Waals surface area (Å²) in [4.78, 5) is 2.71. The molecule has 0 radical (unpaired) electrons. The Morgan fingerprint density at radius 3 is 2.33 bits per heavy atom. The highest BCUT2D eigenvalue weighted by Gasteiger charge is 2.31. The normalized spacial score (nSPS) is 40.6. The minimum absolute atomic E-state index is 0.470. The third-order valence-corrected chi connectivity index (χ3v) is 4.46. The molecule has 2 N–H and O–H groups in total. The number of hydrogen-bond acceptors (Lipinski definition) is 2. The molecular formula is C13H26N2. The van der Waals surface area contributed by atoms with Crippen molar-refractivity contribution in [2.45, 2.75) is 58.0 Å². The molecule has 15 heavy (non-hydrogen) atoms. The van der Waals surface area contributed by atoms with Gasteiger partial charge in [-0.1, -0.05) is 20.3 Å². The van der Waals surface area contributed by atoms with Gasteiger partial charge in [-0.3, -0.25) is 4.90 Å². The Morgan fingerprint density at radius 2 is 1.67 bits per heavy atom. The average molecular weight is 210 g/mol. The van der Waals surface area contributed by atoms with Gasteiger partial charge >= 0.3 is 0 Å². The second-order valence-corrected chi connectivity index (χ2v) is 5.84. The average Bonchev–Trinajstić information content (AvgIpc) is 2.23. The quantitative estimate of drug-likeness (QED) is 0.719. The predicted octanol–water partition coefficient (Wildman–Crippen LogP) is 2.23. The summed E-state index contributed by atoms with van der Waals surface area (Å²) in [6.07, 6.45) is 6.69. The molecule has 0 spiro atoms. The van der Waals surface area contributed by atoms with Crippen molar-refractivity contribution in [3.05, 3.63) is 0 Å². The van der Waals surface area contributed by atoms with Crippen molar-refractivity contribution < 1.29 is 0 Å². The second-order valence-electron chi connectivity index (χ2n) is 5.84. The van der Waals surface area contributed by atoms with Crippen molar-refractivity contribution in [2.75, 3.05) is 13.1 Å². The van der Waals surface area contributed by atoms with Crippen LogP contribution in [-0.4, -0.2) is 30.1 Å². The molecule has 0 aromatic heterocycles. The van der Waals surface area contributed by atoms with Crippen LogP contribution in [0, 0.1) is 11.8 Å². The molecular weight excluding hydrogens is 184 g/mol. The molecule has 2 fully saturated rings. The molecule has 2 aliphatic rings. The van der Waals surface area contributed by atoms with E-state index in [1.807, 2.05) is 0 Å². The predicted molar refractivity (Wildman–Crippen MR) is 64.7 cm³/mol. The first-order valence-corrected chi connectivity index (χ1v) is 6.66. The Bertz CT molecular complexity index is 197. The highest BCUT2D eigenvalue weighted by atomic mass is 15.2. The van der Waals surface area contributed by atoms with E-state index in [0.29, 0.717) is 6.04 Å². The van der Waals surface area contributed by atoms with Crippen molar-refractivity contribution >= 4 is 0 Å². The van der Waals surface area contributed by atoms with Crippen LogP contribution in [0.3, 0.4) is 0 Å². The lowest BCUT2D eigenvalue weighted by atomic mass is 9.78. The number of rotatable bonds is 1. The van der Waals surface area contributed by atoms with Gasteiger partial charge in [0.05, 0.1) is 0 Å². The molecule has 3 atom stereocenters. The van der Waals surface area contributed by atoms with Crippen molar-refractivity contribution in [3.63, 3.8) is 0 Å². The molecule has 0 amide bonds. The van der Waals surface area contributed by atoms with Crippen molar-refractivity contribution in [1.82, 2.24) is 4.90 Å². The van der Waals surface area contributed by atoms with E-state index in [-0.39, 0.29) is 0 Å². The van der Waals surface area contributed by atoms with Gasteiger partial charge in [-0.15, -0.1) is 0 Å². The summed E-state index contributed by atoms with van der Waals surface area (Å²) < 4.78 is 0. The van der Waals surface area contributed by atoms with Crippen molar-refractivity contribution in [1.29, 1.82) is 0 Å². The third kappa shape index (κ3) is 2.73. The van der Waals surface area contributed by atoms with Crippen LogP contribution >= 0.6 is 0 Å². The molecule has 0 aromatic carbocycles. The van der Waals surface area contributed by atoms with E-state index < -0.39 is 0 Å². The summed E-state index contributed by atoms with van der Waals surface area (Å²) in [6.45, 7) is 7.32. The zero-order valence-electron chi connectivity index (χ0n) is 10.3. The van der Waals surface area contributed by atoms with Gasteiger partial charge in [0.2, 0.25) is 0 Å². The SMILES string of the molecule is CC1CCC(C)C(N2CCC(N)CC2)C1. The molecule has 1 heterocycles. The summed E-state index contributed by atoms with van der Waals surface area (Å²) in [5.74, 6) is 1.83. The summed E-state index contributed by atoms with van der Waals surface area (Å²) in [6, 6.07) is 1.32.